The van der Waals surface area contributed by atoms with Gasteiger partial charge in [0.25, 0.3) is 0 Å². The van der Waals surface area contributed by atoms with E-state index in [-0.39, 0.29) is 18.1 Å². The van der Waals surface area contributed by atoms with Gasteiger partial charge in [-0.25, -0.2) is 4.79 Å². The van der Waals surface area contributed by atoms with Crippen LogP contribution in [-0.4, -0.2) is 38.8 Å². The van der Waals surface area contributed by atoms with E-state index < -0.39 is 0 Å². The molecule has 2 amide bonds. The number of urea groups is 1. The average Bonchev–Trinajstić information content (AvgIpc) is 3.23. The summed E-state index contributed by atoms with van der Waals surface area (Å²) in [5, 5.41) is 10.1. The largest absolute Gasteiger partial charge is 0.423 e. The summed E-state index contributed by atoms with van der Waals surface area (Å²) in [5.41, 5.74) is 1.05. The number of rotatable bonds is 5. The Balaban J connectivity index is 1.26. The molecule has 7 nitrogen and oxygen atoms in total. The van der Waals surface area contributed by atoms with E-state index in [4.69, 9.17) is 9.25 Å². The van der Waals surface area contributed by atoms with Gasteiger partial charge in [0.2, 0.25) is 11.8 Å². The molecular weight excluding hydrogens is 344 g/mol. The summed E-state index contributed by atoms with van der Waals surface area (Å²) in [7, 11) is 0. The lowest BCUT2D eigenvalue weighted by atomic mass is 9.76. The summed E-state index contributed by atoms with van der Waals surface area (Å²) >= 11 is 0. The third kappa shape index (κ3) is 3.00. The highest BCUT2D eigenvalue weighted by Crippen LogP contribution is 2.42. The van der Waals surface area contributed by atoms with Crippen LogP contribution < -0.4 is 0 Å². The van der Waals surface area contributed by atoms with Crippen molar-refractivity contribution in [1.29, 1.82) is 0 Å². The van der Waals surface area contributed by atoms with Crippen LogP contribution in [0.4, 0.5) is 4.79 Å². The van der Waals surface area contributed by atoms with Crippen LogP contribution in [0.15, 0.2) is 34.7 Å². The van der Waals surface area contributed by atoms with Crippen LogP contribution in [0, 0.1) is 5.92 Å². The fourth-order valence-electron chi connectivity index (χ4n) is 4.42. The number of hydroxylamine groups is 2. The average molecular weight is 368 g/mol. The quantitative estimate of drug-likeness (QED) is 0.805. The molecule has 7 heteroatoms. The van der Waals surface area contributed by atoms with Crippen molar-refractivity contribution < 1.29 is 14.0 Å². The third-order valence-corrected chi connectivity index (χ3v) is 6.00. The van der Waals surface area contributed by atoms with E-state index in [1.54, 1.807) is 0 Å². The van der Waals surface area contributed by atoms with Gasteiger partial charge in [0, 0.05) is 12.5 Å². The van der Waals surface area contributed by atoms with Gasteiger partial charge < -0.3 is 9.32 Å². The number of benzene rings is 1. The van der Waals surface area contributed by atoms with Gasteiger partial charge in [0.1, 0.15) is 12.6 Å². The Hall–Kier alpha value is -2.41. The van der Waals surface area contributed by atoms with Crippen molar-refractivity contribution in [3.8, 4) is 0 Å². The summed E-state index contributed by atoms with van der Waals surface area (Å²) in [4.78, 5) is 20.6. The van der Waals surface area contributed by atoms with Gasteiger partial charge >= 0.3 is 6.03 Å². The van der Waals surface area contributed by atoms with E-state index in [2.05, 4.69) is 17.1 Å². The molecule has 0 radical (unpaired) electrons. The number of fused-ring (bicyclic) bond motifs is 2. The van der Waals surface area contributed by atoms with Crippen molar-refractivity contribution in [2.75, 3.05) is 6.54 Å². The SMILES string of the molecule is C[C@H]1C[C@H](c2nnc([C@@H]3CC[C@@H]4CN3C(=O)N4OCc3ccccc3)o2)C1. The summed E-state index contributed by atoms with van der Waals surface area (Å²) in [6, 6.07) is 9.75. The molecule has 1 saturated carbocycles. The summed E-state index contributed by atoms with van der Waals surface area (Å²) < 4.78 is 5.96. The maximum Gasteiger partial charge on any atom is 0.345 e. The minimum atomic E-state index is -0.141. The lowest BCUT2D eigenvalue weighted by Gasteiger charge is -2.30. The Morgan fingerprint density at radius 3 is 2.70 bits per heavy atom. The molecular formula is C20H24N4O3. The van der Waals surface area contributed by atoms with Gasteiger partial charge in [0.15, 0.2) is 0 Å². The van der Waals surface area contributed by atoms with Crippen LogP contribution in [0.3, 0.4) is 0 Å². The number of carbonyl (C=O) groups excluding carboxylic acids is 1. The molecule has 2 saturated heterocycles. The van der Waals surface area contributed by atoms with Crippen molar-refractivity contribution >= 4 is 6.03 Å². The third-order valence-electron chi connectivity index (χ3n) is 6.00. The Morgan fingerprint density at radius 1 is 1.15 bits per heavy atom. The van der Waals surface area contributed by atoms with E-state index in [9.17, 15) is 4.79 Å². The Labute approximate surface area is 158 Å². The number of aromatic nitrogens is 2. The first-order chi connectivity index (χ1) is 13.2. The number of carbonyl (C=O) groups is 1. The minimum Gasteiger partial charge on any atom is -0.423 e. The van der Waals surface area contributed by atoms with Crippen molar-refractivity contribution in [3.63, 3.8) is 0 Å². The molecule has 27 heavy (non-hydrogen) atoms. The van der Waals surface area contributed by atoms with Gasteiger partial charge in [-0.3, -0.25) is 4.84 Å². The number of hydrogen-bond donors (Lipinski definition) is 0. The molecule has 3 heterocycles. The maximum atomic E-state index is 12.9. The minimum absolute atomic E-state index is 0.0901. The Kier molecular flexibility index (Phi) is 4.11. The fraction of sp³-hybridized carbons (Fsp3) is 0.550. The summed E-state index contributed by atoms with van der Waals surface area (Å²) in [5.74, 6) is 2.42. The zero-order valence-corrected chi connectivity index (χ0v) is 15.5. The standard InChI is InChI=1S/C20H24N4O3/c1-13-9-15(10-13)18-21-22-19(27-18)17-8-7-16-11-23(17)20(25)24(16)26-12-14-5-3-2-4-6-14/h2-6,13,15-17H,7-12H2,1H3/t13-,15-,16-,17+/m1/s1. The Bertz CT molecular complexity index is 818. The molecule has 2 bridgehead atoms. The predicted octanol–water partition coefficient (Wildman–Crippen LogP) is 3.66. The number of hydrogen-bond acceptors (Lipinski definition) is 5. The van der Waals surface area contributed by atoms with E-state index in [0.29, 0.717) is 25.0 Å². The molecule has 3 aliphatic rings. The van der Waals surface area contributed by atoms with Gasteiger partial charge in [-0.05, 0) is 37.2 Å². The predicted molar refractivity (Wildman–Crippen MR) is 96.4 cm³/mol. The molecule has 1 aromatic carbocycles. The van der Waals surface area contributed by atoms with Gasteiger partial charge in [0.05, 0.1) is 6.04 Å². The molecule has 0 spiro atoms. The van der Waals surface area contributed by atoms with E-state index in [0.717, 1.165) is 43.1 Å². The highest BCUT2D eigenvalue weighted by atomic mass is 16.7. The highest BCUT2D eigenvalue weighted by molar-refractivity contribution is 5.77. The number of piperidine rings is 1. The molecule has 1 aliphatic carbocycles. The topological polar surface area (TPSA) is 71.7 Å². The van der Waals surface area contributed by atoms with Crippen molar-refractivity contribution in [3.05, 3.63) is 47.7 Å². The second-order valence-corrected chi connectivity index (χ2v) is 8.02. The van der Waals surface area contributed by atoms with Crippen LogP contribution >= 0.6 is 0 Å². The number of nitrogens with zero attached hydrogens (tertiary/aromatic N) is 4. The van der Waals surface area contributed by atoms with Crippen molar-refractivity contribution in [1.82, 2.24) is 20.2 Å². The lowest BCUT2D eigenvalue weighted by molar-refractivity contribution is -0.140. The monoisotopic (exact) mass is 368 g/mol. The van der Waals surface area contributed by atoms with Gasteiger partial charge in [-0.15, -0.1) is 10.2 Å². The molecule has 0 unspecified atom stereocenters. The van der Waals surface area contributed by atoms with Crippen LogP contribution in [0.2, 0.25) is 0 Å². The molecule has 1 aromatic heterocycles. The van der Waals surface area contributed by atoms with Crippen LogP contribution in [0.1, 0.15) is 61.9 Å². The lowest BCUT2D eigenvalue weighted by Crippen LogP contribution is -2.34. The second-order valence-electron chi connectivity index (χ2n) is 8.02. The molecule has 2 aliphatic heterocycles. The molecule has 3 fully saturated rings. The van der Waals surface area contributed by atoms with Crippen LogP contribution in [-0.2, 0) is 11.4 Å². The van der Waals surface area contributed by atoms with Crippen LogP contribution in [0.5, 0.6) is 0 Å². The van der Waals surface area contributed by atoms with Gasteiger partial charge in [-0.2, -0.15) is 5.06 Å². The fourth-order valence-corrected chi connectivity index (χ4v) is 4.42. The smallest absolute Gasteiger partial charge is 0.345 e. The van der Waals surface area contributed by atoms with E-state index in [1.165, 1.54) is 5.06 Å². The molecule has 142 valence electrons. The molecule has 2 aromatic rings. The van der Waals surface area contributed by atoms with E-state index in [1.807, 2.05) is 35.2 Å². The maximum absolute atomic E-state index is 12.9. The zero-order chi connectivity index (χ0) is 18.4. The highest BCUT2D eigenvalue weighted by Gasteiger charge is 2.48. The second kappa shape index (κ2) is 6.64. The van der Waals surface area contributed by atoms with Crippen molar-refractivity contribution in [2.24, 2.45) is 5.92 Å². The van der Waals surface area contributed by atoms with Crippen molar-refractivity contribution in [2.45, 2.75) is 57.2 Å². The summed E-state index contributed by atoms with van der Waals surface area (Å²) in [6.45, 7) is 3.28. The summed E-state index contributed by atoms with van der Waals surface area (Å²) in [6.07, 6.45) is 3.92. The number of amides is 2. The molecule has 0 N–H and O–H groups in total. The first-order valence-electron chi connectivity index (χ1n) is 9.79. The van der Waals surface area contributed by atoms with Gasteiger partial charge in [-0.1, -0.05) is 37.3 Å². The van der Waals surface area contributed by atoms with E-state index >= 15 is 0 Å². The first kappa shape index (κ1) is 16.7. The molecule has 5 rings (SSSR count). The normalized spacial score (nSPS) is 29.9. The molecule has 2 atom stereocenters. The Morgan fingerprint density at radius 2 is 1.93 bits per heavy atom. The van der Waals surface area contributed by atoms with Crippen LogP contribution in [0.25, 0.3) is 0 Å². The zero-order valence-electron chi connectivity index (χ0n) is 15.5. The first-order valence-corrected chi connectivity index (χ1v) is 9.79.